The van der Waals surface area contributed by atoms with Crippen LogP contribution in [-0.4, -0.2) is 31.8 Å². The average Bonchev–Trinajstić information content (AvgIpc) is 2.60. The number of carbonyl (C=O) groups is 1. The van der Waals surface area contributed by atoms with Crippen molar-refractivity contribution < 1.29 is 19.0 Å². The molecule has 3 rings (SSSR count). The van der Waals surface area contributed by atoms with E-state index in [1.165, 1.54) is 5.56 Å². The quantitative estimate of drug-likeness (QED) is 0.872. The van der Waals surface area contributed by atoms with Gasteiger partial charge in [-0.2, -0.15) is 0 Å². The SMILES string of the molecule is COc1cc2c(cc1OC)CN(C(=O)Oc1ccccc1)CC2. The number of para-hydroxylation sites is 1. The zero-order chi connectivity index (χ0) is 16.2. The van der Waals surface area contributed by atoms with Crippen LogP contribution in [0.4, 0.5) is 4.79 Å². The molecule has 1 amide bonds. The third-order valence-corrected chi connectivity index (χ3v) is 3.92. The molecule has 0 aliphatic carbocycles. The van der Waals surface area contributed by atoms with Crippen LogP contribution in [0.1, 0.15) is 11.1 Å². The summed E-state index contributed by atoms with van der Waals surface area (Å²) in [4.78, 5) is 14.0. The molecule has 5 heteroatoms. The minimum Gasteiger partial charge on any atom is -0.493 e. The van der Waals surface area contributed by atoms with Crippen LogP contribution >= 0.6 is 0 Å². The van der Waals surface area contributed by atoms with E-state index in [1.807, 2.05) is 30.3 Å². The van der Waals surface area contributed by atoms with Gasteiger partial charge in [0.2, 0.25) is 0 Å². The first kappa shape index (κ1) is 15.2. The lowest BCUT2D eigenvalue weighted by Crippen LogP contribution is -2.37. The summed E-state index contributed by atoms with van der Waals surface area (Å²) in [6.07, 6.45) is 0.427. The molecule has 1 heterocycles. The van der Waals surface area contributed by atoms with Crippen LogP contribution in [-0.2, 0) is 13.0 Å². The molecule has 0 saturated carbocycles. The predicted molar refractivity (Wildman–Crippen MR) is 86.1 cm³/mol. The number of rotatable bonds is 3. The molecule has 0 radical (unpaired) electrons. The number of nitrogens with zero attached hydrogens (tertiary/aromatic N) is 1. The molecule has 23 heavy (non-hydrogen) atoms. The first-order valence-corrected chi connectivity index (χ1v) is 7.47. The number of benzene rings is 2. The van der Waals surface area contributed by atoms with Crippen molar-refractivity contribution in [3.63, 3.8) is 0 Å². The third kappa shape index (κ3) is 3.23. The Balaban J connectivity index is 1.75. The van der Waals surface area contributed by atoms with Gasteiger partial charge in [-0.1, -0.05) is 18.2 Å². The van der Waals surface area contributed by atoms with E-state index in [9.17, 15) is 4.79 Å². The number of hydrogen-bond donors (Lipinski definition) is 0. The van der Waals surface area contributed by atoms with Gasteiger partial charge < -0.3 is 19.1 Å². The molecule has 1 aliphatic heterocycles. The second kappa shape index (κ2) is 6.60. The number of ether oxygens (including phenoxy) is 3. The standard InChI is InChI=1S/C18H19NO4/c1-21-16-10-13-8-9-19(12-14(13)11-17(16)22-2)18(20)23-15-6-4-3-5-7-15/h3-7,10-11H,8-9,12H2,1-2H3. The van der Waals surface area contributed by atoms with E-state index < -0.39 is 0 Å². The molecule has 0 bridgehead atoms. The largest absolute Gasteiger partial charge is 0.493 e. The van der Waals surface area contributed by atoms with E-state index in [0.29, 0.717) is 30.3 Å². The third-order valence-electron chi connectivity index (χ3n) is 3.92. The number of amides is 1. The van der Waals surface area contributed by atoms with E-state index in [0.717, 1.165) is 12.0 Å². The summed E-state index contributed by atoms with van der Waals surface area (Å²) in [6, 6.07) is 13.0. The molecule has 5 nitrogen and oxygen atoms in total. The summed E-state index contributed by atoms with van der Waals surface area (Å²) < 4.78 is 16.1. The van der Waals surface area contributed by atoms with E-state index in [2.05, 4.69) is 0 Å². The van der Waals surface area contributed by atoms with Crippen molar-refractivity contribution in [2.75, 3.05) is 20.8 Å². The molecule has 120 valence electrons. The van der Waals surface area contributed by atoms with Gasteiger partial charge in [-0.25, -0.2) is 4.79 Å². The second-order valence-corrected chi connectivity index (χ2v) is 5.33. The highest BCUT2D eigenvalue weighted by Gasteiger charge is 2.24. The summed E-state index contributed by atoms with van der Waals surface area (Å²) in [5.74, 6) is 1.94. The second-order valence-electron chi connectivity index (χ2n) is 5.33. The Morgan fingerprint density at radius 1 is 1.00 bits per heavy atom. The van der Waals surface area contributed by atoms with Gasteiger partial charge in [0.25, 0.3) is 0 Å². The van der Waals surface area contributed by atoms with Crippen LogP contribution in [0.2, 0.25) is 0 Å². The maximum atomic E-state index is 12.3. The normalized spacial score (nSPS) is 13.2. The van der Waals surface area contributed by atoms with Crippen molar-refractivity contribution in [3.8, 4) is 17.2 Å². The Bertz CT molecular complexity index is 700. The molecular weight excluding hydrogens is 294 g/mol. The molecule has 0 N–H and O–H groups in total. The lowest BCUT2D eigenvalue weighted by molar-refractivity contribution is 0.147. The van der Waals surface area contributed by atoms with Crippen LogP contribution in [0.5, 0.6) is 17.2 Å². The molecule has 1 aliphatic rings. The predicted octanol–water partition coefficient (Wildman–Crippen LogP) is 3.26. The van der Waals surface area contributed by atoms with Gasteiger partial charge in [-0.3, -0.25) is 0 Å². The summed E-state index contributed by atoms with van der Waals surface area (Å²) in [5.41, 5.74) is 2.23. The molecule has 0 unspecified atom stereocenters. The van der Waals surface area contributed by atoms with Gasteiger partial charge in [0.05, 0.1) is 14.2 Å². The number of fused-ring (bicyclic) bond motifs is 1. The fourth-order valence-corrected chi connectivity index (χ4v) is 2.69. The maximum Gasteiger partial charge on any atom is 0.415 e. The molecule has 0 saturated heterocycles. The Kier molecular flexibility index (Phi) is 4.37. The molecule has 0 aromatic heterocycles. The Hall–Kier alpha value is -2.69. The Labute approximate surface area is 135 Å². The van der Waals surface area contributed by atoms with Crippen molar-refractivity contribution in [3.05, 3.63) is 53.6 Å². The summed E-state index contributed by atoms with van der Waals surface area (Å²) >= 11 is 0. The van der Waals surface area contributed by atoms with Gasteiger partial charge in [-0.15, -0.1) is 0 Å². The van der Waals surface area contributed by atoms with Crippen LogP contribution in [0, 0.1) is 0 Å². The number of carbonyl (C=O) groups excluding carboxylic acids is 1. The zero-order valence-electron chi connectivity index (χ0n) is 13.2. The van der Waals surface area contributed by atoms with Gasteiger partial charge >= 0.3 is 6.09 Å². The lowest BCUT2D eigenvalue weighted by atomic mass is 9.99. The van der Waals surface area contributed by atoms with Crippen molar-refractivity contribution in [1.29, 1.82) is 0 Å². The summed E-state index contributed by atoms with van der Waals surface area (Å²) in [7, 11) is 3.23. The monoisotopic (exact) mass is 313 g/mol. The number of methoxy groups -OCH3 is 2. The summed E-state index contributed by atoms with van der Waals surface area (Å²) in [6.45, 7) is 1.12. The molecule has 0 spiro atoms. The minimum absolute atomic E-state index is 0.336. The van der Waals surface area contributed by atoms with Gasteiger partial charge in [0.1, 0.15) is 5.75 Å². The van der Waals surface area contributed by atoms with Crippen LogP contribution in [0.25, 0.3) is 0 Å². The van der Waals surface area contributed by atoms with E-state index in [1.54, 1.807) is 31.3 Å². The molecule has 0 fully saturated rings. The fraction of sp³-hybridized carbons (Fsp3) is 0.278. The molecule has 2 aromatic carbocycles. The fourth-order valence-electron chi connectivity index (χ4n) is 2.69. The molecule has 2 aromatic rings. The highest BCUT2D eigenvalue weighted by atomic mass is 16.6. The van der Waals surface area contributed by atoms with Crippen LogP contribution in [0.3, 0.4) is 0 Å². The van der Waals surface area contributed by atoms with E-state index in [-0.39, 0.29) is 6.09 Å². The van der Waals surface area contributed by atoms with E-state index >= 15 is 0 Å². The molecular formula is C18H19NO4. The smallest absolute Gasteiger partial charge is 0.415 e. The Morgan fingerprint density at radius 2 is 1.65 bits per heavy atom. The Morgan fingerprint density at radius 3 is 2.30 bits per heavy atom. The van der Waals surface area contributed by atoms with Crippen LogP contribution < -0.4 is 14.2 Å². The average molecular weight is 313 g/mol. The zero-order valence-corrected chi connectivity index (χ0v) is 13.2. The van der Waals surface area contributed by atoms with Crippen molar-refractivity contribution in [1.82, 2.24) is 4.90 Å². The van der Waals surface area contributed by atoms with Gasteiger partial charge in [0, 0.05) is 13.1 Å². The summed E-state index contributed by atoms with van der Waals surface area (Å²) in [5, 5.41) is 0. The van der Waals surface area contributed by atoms with Crippen molar-refractivity contribution in [2.24, 2.45) is 0 Å². The lowest BCUT2D eigenvalue weighted by Gasteiger charge is -2.28. The maximum absolute atomic E-state index is 12.3. The van der Waals surface area contributed by atoms with Crippen molar-refractivity contribution in [2.45, 2.75) is 13.0 Å². The number of hydrogen-bond acceptors (Lipinski definition) is 4. The van der Waals surface area contributed by atoms with Crippen LogP contribution in [0.15, 0.2) is 42.5 Å². The first-order chi connectivity index (χ1) is 11.2. The van der Waals surface area contributed by atoms with Gasteiger partial charge in [-0.05, 0) is 41.8 Å². The van der Waals surface area contributed by atoms with Crippen molar-refractivity contribution >= 4 is 6.09 Å². The highest BCUT2D eigenvalue weighted by Crippen LogP contribution is 2.33. The minimum atomic E-state index is -0.336. The van der Waals surface area contributed by atoms with Gasteiger partial charge in [0.15, 0.2) is 11.5 Å². The van der Waals surface area contributed by atoms with E-state index in [4.69, 9.17) is 14.2 Å². The molecule has 0 atom stereocenters. The topological polar surface area (TPSA) is 48.0 Å². The first-order valence-electron chi connectivity index (χ1n) is 7.47. The highest BCUT2D eigenvalue weighted by molar-refractivity contribution is 5.71.